The maximum Gasteiger partial charge on any atom is 0.241 e. The van der Waals surface area contributed by atoms with Crippen molar-refractivity contribution in [1.29, 1.82) is 0 Å². The van der Waals surface area contributed by atoms with Gasteiger partial charge in [0.25, 0.3) is 0 Å². The first-order valence-electron chi connectivity index (χ1n) is 6.33. The molecule has 0 spiro atoms. The Kier molecular flexibility index (Phi) is 2.33. The molecule has 0 unspecified atom stereocenters. The highest BCUT2D eigenvalue weighted by Gasteiger charge is 2.31. The third kappa shape index (κ3) is 1.55. The highest BCUT2D eigenvalue weighted by Crippen LogP contribution is 2.40. The van der Waals surface area contributed by atoms with Gasteiger partial charge in [-0.05, 0) is 19.4 Å². The summed E-state index contributed by atoms with van der Waals surface area (Å²) in [4.78, 5) is 11.0. The molecule has 0 amide bonds. The average molecular weight is 290 g/mol. The number of thiophene rings is 1. The van der Waals surface area contributed by atoms with E-state index in [0.29, 0.717) is 12.6 Å². The van der Waals surface area contributed by atoms with Crippen LogP contribution < -0.4 is 11.3 Å². The fraction of sp³-hybridized carbons (Fsp3) is 0.417. The predicted molar refractivity (Wildman–Crippen MR) is 76.5 cm³/mol. The van der Waals surface area contributed by atoms with Crippen molar-refractivity contribution < 1.29 is 4.74 Å². The molecule has 3 N–H and O–H groups in total. The van der Waals surface area contributed by atoms with Crippen LogP contribution in [0, 0.1) is 0 Å². The lowest BCUT2D eigenvalue weighted by atomic mass is 9.94. The molecule has 0 bridgehead atoms. The van der Waals surface area contributed by atoms with Gasteiger partial charge in [-0.25, -0.2) is 15.8 Å². The van der Waals surface area contributed by atoms with Gasteiger partial charge in [-0.3, -0.25) is 5.43 Å². The molecule has 0 aliphatic carbocycles. The zero-order valence-corrected chi connectivity index (χ0v) is 12.0. The smallest absolute Gasteiger partial charge is 0.241 e. The minimum absolute atomic E-state index is 0.164. The van der Waals surface area contributed by atoms with Crippen LogP contribution in [0.3, 0.4) is 0 Å². The SMILES string of the molecule is CC1(C)Cc2c(sc3nc(NN)n4ncnc4c23)CO1. The van der Waals surface area contributed by atoms with Gasteiger partial charge < -0.3 is 4.74 Å². The number of rotatable bonds is 1. The summed E-state index contributed by atoms with van der Waals surface area (Å²) >= 11 is 1.64. The fourth-order valence-electron chi connectivity index (χ4n) is 2.65. The second-order valence-electron chi connectivity index (χ2n) is 5.48. The van der Waals surface area contributed by atoms with Crippen molar-refractivity contribution in [2.45, 2.75) is 32.5 Å². The highest BCUT2D eigenvalue weighted by molar-refractivity contribution is 7.19. The Morgan fingerprint density at radius 3 is 3.15 bits per heavy atom. The first-order chi connectivity index (χ1) is 9.59. The summed E-state index contributed by atoms with van der Waals surface area (Å²) < 4.78 is 7.51. The fourth-order valence-corrected chi connectivity index (χ4v) is 3.75. The van der Waals surface area contributed by atoms with Gasteiger partial charge >= 0.3 is 0 Å². The Morgan fingerprint density at radius 1 is 1.50 bits per heavy atom. The third-order valence-corrected chi connectivity index (χ3v) is 4.68. The molecule has 0 fully saturated rings. The summed E-state index contributed by atoms with van der Waals surface area (Å²) in [7, 11) is 0. The standard InChI is InChI=1S/C12H14N6OS/c1-12(2)3-6-7(4-19-12)20-10-8(6)9-14-5-15-18(9)11(16-10)17-13/h5H,3-4,13H2,1-2H3,(H,16,17). The van der Waals surface area contributed by atoms with Crippen LogP contribution in [0.1, 0.15) is 24.3 Å². The van der Waals surface area contributed by atoms with Crippen LogP contribution in [0.5, 0.6) is 0 Å². The average Bonchev–Trinajstić information content (AvgIpc) is 2.99. The van der Waals surface area contributed by atoms with Crippen LogP contribution in [-0.2, 0) is 17.8 Å². The summed E-state index contributed by atoms with van der Waals surface area (Å²) in [6, 6.07) is 0. The molecule has 1 aliphatic heterocycles. The highest BCUT2D eigenvalue weighted by atomic mass is 32.1. The molecule has 20 heavy (non-hydrogen) atoms. The van der Waals surface area contributed by atoms with Gasteiger partial charge in [0.05, 0.1) is 17.6 Å². The molecular formula is C12H14N6OS. The Morgan fingerprint density at radius 2 is 2.35 bits per heavy atom. The van der Waals surface area contributed by atoms with Gasteiger partial charge in [0, 0.05) is 11.3 Å². The topological polar surface area (TPSA) is 90.4 Å². The molecular weight excluding hydrogens is 276 g/mol. The number of nitrogen functional groups attached to an aromatic ring is 1. The van der Waals surface area contributed by atoms with Crippen molar-refractivity contribution in [2.24, 2.45) is 5.84 Å². The molecule has 4 rings (SSSR count). The van der Waals surface area contributed by atoms with Crippen molar-refractivity contribution in [3.05, 3.63) is 16.8 Å². The van der Waals surface area contributed by atoms with Crippen molar-refractivity contribution in [1.82, 2.24) is 19.6 Å². The molecule has 7 nitrogen and oxygen atoms in total. The number of ether oxygens (including phenoxy) is 1. The largest absolute Gasteiger partial charge is 0.370 e. The van der Waals surface area contributed by atoms with Crippen LogP contribution in [0.25, 0.3) is 15.9 Å². The van der Waals surface area contributed by atoms with Crippen molar-refractivity contribution in [3.63, 3.8) is 0 Å². The molecule has 0 atom stereocenters. The molecule has 0 aromatic carbocycles. The van der Waals surface area contributed by atoms with Gasteiger partial charge in [0.2, 0.25) is 5.95 Å². The molecule has 0 saturated carbocycles. The second-order valence-corrected chi connectivity index (χ2v) is 6.57. The molecule has 3 aromatic rings. The lowest BCUT2D eigenvalue weighted by Gasteiger charge is -2.30. The van der Waals surface area contributed by atoms with E-state index in [-0.39, 0.29) is 5.60 Å². The maximum absolute atomic E-state index is 5.87. The van der Waals surface area contributed by atoms with Crippen molar-refractivity contribution in [2.75, 3.05) is 5.43 Å². The number of anilines is 1. The maximum atomic E-state index is 5.87. The normalized spacial score (nSPS) is 17.6. The van der Waals surface area contributed by atoms with E-state index in [0.717, 1.165) is 22.3 Å². The number of hydrazine groups is 1. The van der Waals surface area contributed by atoms with Crippen molar-refractivity contribution in [3.8, 4) is 0 Å². The summed E-state index contributed by atoms with van der Waals surface area (Å²) in [6.45, 7) is 4.82. The molecule has 1 aliphatic rings. The van der Waals surface area contributed by atoms with E-state index in [9.17, 15) is 0 Å². The number of hydrogen-bond donors (Lipinski definition) is 2. The zero-order chi connectivity index (χ0) is 13.9. The van der Waals surface area contributed by atoms with E-state index in [1.807, 2.05) is 0 Å². The summed E-state index contributed by atoms with van der Waals surface area (Å²) in [5, 5.41) is 5.25. The Labute approximate surface area is 118 Å². The lowest BCUT2D eigenvalue weighted by molar-refractivity contribution is -0.0379. The van der Waals surface area contributed by atoms with Gasteiger partial charge in [-0.15, -0.1) is 11.3 Å². The number of aromatic nitrogens is 4. The van der Waals surface area contributed by atoms with Gasteiger partial charge in [0.1, 0.15) is 11.2 Å². The summed E-state index contributed by atoms with van der Waals surface area (Å²) in [5.41, 5.74) is 4.47. The molecule has 8 heteroatoms. The number of nitrogens with zero attached hydrogens (tertiary/aromatic N) is 4. The van der Waals surface area contributed by atoms with Crippen LogP contribution in [0.4, 0.5) is 5.95 Å². The molecule has 0 saturated heterocycles. The van der Waals surface area contributed by atoms with Crippen LogP contribution in [-0.4, -0.2) is 25.2 Å². The predicted octanol–water partition coefficient (Wildman–Crippen LogP) is 1.48. The minimum Gasteiger partial charge on any atom is -0.370 e. The van der Waals surface area contributed by atoms with E-state index >= 15 is 0 Å². The summed E-state index contributed by atoms with van der Waals surface area (Å²) in [6.07, 6.45) is 2.37. The van der Waals surface area contributed by atoms with Gasteiger partial charge in [-0.1, -0.05) is 0 Å². The number of nitrogens with one attached hydrogen (secondary N) is 1. The Balaban J connectivity index is 2.09. The van der Waals surface area contributed by atoms with E-state index < -0.39 is 0 Å². The Hall–Kier alpha value is -1.77. The van der Waals surface area contributed by atoms with E-state index in [4.69, 9.17) is 10.6 Å². The number of nitrogens with two attached hydrogens (primary N) is 1. The van der Waals surface area contributed by atoms with E-state index in [2.05, 4.69) is 34.3 Å². The molecule has 0 radical (unpaired) electrons. The lowest BCUT2D eigenvalue weighted by Crippen LogP contribution is -2.31. The molecule has 4 heterocycles. The van der Waals surface area contributed by atoms with E-state index in [1.54, 1.807) is 15.9 Å². The van der Waals surface area contributed by atoms with Crippen LogP contribution in [0.15, 0.2) is 6.33 Å². The van der Waals surface area contributed by atoms with Crippen LogP contribution >= 0.6 is 11.3 Å². The van der Waals surface area contributed by atoms with Crippen molar-refractivity contribution >= 4 is 33.1 Å². The molecule has 3 aromatic heterocycles. The molecule has 104 valence electrons. The number of hydrogen-bond acceptors (Lipinski definition) is 7. The number of fused-ring (bicyclic) bond motifs is 5. The van der Waals surface area contributed by atoms with Gasteiger partial charge in [0.15, 0.2) is 5.65 Å². The monoisotopic (exact) mass is 290 g/mol. The Bertz CT molecular complexity index is 820. The summed E-state index contributed by atoms with van der Waals surface area (Å²) in [5.74, 6) is 6.00. The quantitative estimate of drug-likeness (QED) is 0.521. The first kappa shape index (κ1) is 12.0. The zero-order valence-electron chi connectivity index (χ0n) is 11.2. The van der Waals surface area contributed by atoms with Crippen LogP contribution in [0.2, 0.25) is 0 Å². The first-order valence-corrected chi connectivity index (χ1v) is 7.15. The second kappa shape index (κ2) is 3.87. The minimum atomic E-state index is -0.164. The van der Waals surface area contributed by atoms with E-state index in [1.165, 1.54) is 16.8 Å². The van der Waals surface area contributed by atoms with Gasteiger partial charge in [-0.2, -0.15) is 9.61 Å². The third-order valence-electron chi connectivity index (χ3n) is 3.58.